The maximum absolute atomic E-state index is 10.5. The molecule has 0 aromatic carbocycles. The minimum Gasteiger partial charge on any atom is -0.465 e. The fourth-order valence-corrected chi connectivity index (χ4v) is 1.70. The molecule has 2 heterocycles. The molecule has 0 aliphatic heterocycles. The number of hydrogen-bond acceptors (Lipinski definition) is 4. The van der Waals surface area contributed by atoms with Gasteiger partial charge in [0.2, 0.25) is 0 Å². The summed E-state index contributed by atoms with van der Waals surface area (Å²) in [5.41, 5.74) is 0. The second-order valence-corrected chi connectivity index (χ2v) is 4.11. The Morgan fingerprint density at radius 1 is 1.12 bits per heavy atom. The molecule has 0 fully saturated rings. The van der Waals surface area contributed by atoms with Crippen molar-refractivity contribution >= 4 is 6.29 Å². The molecule has 0 radical (unpaired) electrons. The van der Waals surface area contributed by atoms with E-state index in [1.54, 1.807) is 6.07 Å². The lowest BCUT2D eigenvalue weighted by atomic mass is 10.3. The highest BCUT2D eigenvalue weighted by Crippen LogP contribution is 2.12. The van der Waals surface area contributed by atoms with E-state index in [0.717, 1.165) is 17.3 Å². The maximum atomic E-state index is 10.5. The van der Waals surface area contributed by atoms with E-state index >= 15 is 0 Å². The van der Waals surface area contributed by atoms with Crippen LogP contribution in [0.15, 0.2) is 33.1 Å². The number of rotatable bonds is 5. The van der Waals surface area contributed by atoms with Gasteiger partial charge in [-0.1, -0.05) is 0 Å². The zero-order valence-electron chi connectivity index (χ0n) is 9.97. The Labute approximate surface area is 99.8 Å². The molecule has 0 saturated carbocycles. The van der Waals surface area contributed by atoms with Crippen LogP contribution >= 0.6 is 0 Å². The topological polar surface area (TPSA) is 46.6 Å². The first kappa shape index (κ1) is 11.7. The third-order valence-electron chi connectivity index (χ3n) is 2.45. The molecule has 0 amide bonds. The number of carbonyl (C=O) groups is 1. The first-order chi connectivity index (χ1) is 8.17. The van der Waals surface area contributed by atoms with Crippen molar-refractivity contribution in [2.75, 3.05) is 7.05 Å². The van der Waals surface area contributed by atoms with E-state index in [9.17, 15) is 4.79 Å². The molecule has 4 heteroatoms. The monoisotopic (exact) mass is 233 g/mol. The zero-order chi connectivity index (χ0) is 12.3. The lowest BCUT2D eigenvalue weighted by Gasteiger charge is -2.12. The summed E-state index contributed by atoms with van der Waals surface area (Å²) in [5.74, 6) is 2.97. The molecule has 17 heavy (non-hydrogen) atoms. The summed E-state index contributed by atoms with van der Waals surface area (Å²) in [5, 5.41) is 0. The molecule has 2 rings (SSSR count). The average Bonchev–Trinajstić information content (AvgIpc) is 2.88. The molecular formula is C13H15NO3. The second kappa shape index (κ2) is 5.01. The van der Waals surface area contributed by atoms with Gasteiger partial charge in [0.15, 0.2) is 12.0 Å². The first-order valence-corrected chi connectivity index (χ1v) is 5.45. The van der Waals surface area contributed by atoms with Crippen molar-refractivity contribution in [3.05, 3.63) is 47.3 Å². The quantitative estimate of drug-likeness (QED) is 0.745. The molecule has 0 unspecified atom stereocenters. The average molecular weight is 233 g/mol. The van der Waals surface area contributed by atoms with Gasteiger partial charge in [0.05, 0.1) is 13.1 Å². The van der Waals surface area contributed by atoms with E-state index in [2.05, 4.69) is 4.90 Å². The van der Waals surface area contributed by atoms with Crippen LogP contribution in [0.25, 0.3) is 0 Å². The van der Waals surface area contributed by atoms with Crippen LogP contribution in [0.4, 0.5) is 0 Å². The highest BCUT2D eigenvalue weighted by Gasteiger charge is 2.07. The summed E-state index contributed by atoms with van der Waals surface area (Å²) in [6.07, 6.45) is 0.708. The Bertz CT molecular complexity index is 498. The molecule has 90 valence electrons. The molecule has 0 N–H and O–H groups in total. The molecule has 0 aliphatic carbocycles. The van der Waals surface area contributed by atoms with Gasteiger partial charge < -0.3 is 8.83 Å². The zero-order valence-corrected chi connectivity index (χ0v) is 9.97. The third-order valence-corrected chi connectivity index (χ3v) is 2.45. The van der Waals surface area contributed by atoms with Crippen LogP contribution in [0.1, 0.15) is 27.8 Å². The van der Waals surface area contributed by atoms with E-state index in [1.807, 2.05) is 32.2 Å². The summed E-state index contributed by atoms with van der Waals surface area (Å²) in [6, 6.07) is 7.40. The fourth-order valence-electron chi connectivity index (χ4n) is 1.70. The van der Waals surface area contributed by atoms with Crippen LogP contribution in [0.5, 0.6) is 0 Å². The summed E-state index contributed by atoms with van der Waals surface area (Å²) < 4.78 is 10.8. The largest absolute Gasteiger partial charge is 0.465 e. The molecule has 0 saturated heterocycles. The standard InChI is InChI=1S/C13H15NO3/c1-10-3-4-11(16-10)7-14(2)8-12-5-6-13(9-15)17-12/h3-6,9H,7-8H2,1-2H3. The molecule has 2 aromatic rings. The summed E-state index contributed by atoms with van der Waals surface area (Å²) >= 11 is 0. The predicted octanol–water partition coefficient (Wildman–Crippen LogP) is 2.63. The van der Waals surface area contributed by atoms with Gasteiger partial charge >= 0.3 is 0 Å². The van der Waals surface area contributed by atoms with Gasteiger partial charge in [0.25, 0.3) is 0 Å². The van der Waals surface area contributed by atoms with Crippen LogP contribution in [-0.4, -0.2) is 18.2 Å². The summed E-state index contributed by atoms with van der Waals surface area (Å²) in [7, 11) is 1.97. The number of nitrogens with zero attached hydrogens (tertiary/aromatic N) is 1. The maximum Gasteiger partial charge on any atom is 0.185 e. The van der Waals surface area contributed by atoms with Crippen molar-refractivity contribution < 1.29 is 13.6 Å². The van der Waals surface area contributed by atoms with E-state index in [0.29, 0.717) is 25.1 Å². The van der Waals surface area contributed by atoms with Gasteiger partial charge in [-0.3, -0.25) is 9.69 Å². The molecule has 0 atom stereocenters. The Hall–Kier alpha value is -1.81. The fraction of sp³-hybridized carbons (Fsp3) is 0.308. The van der Waals surface area contributed by atoms with Crippen molar-refractivity contribution in [3.8, 4) is 0 Å². The van der Waals surface area contributed by atoms with Crippen LogP contribution in [-0.2, 0) is 13.1 Å². The normalized spacial score (nSPS) is 11.0. The molecule has 0 aliphatic rings. The summed E-state index contributed by atoms with van der Waals surface area (Å²) in [6.45, 7) is 3.28. The summed E-state index contributed by atoms with van der Waals surface area (Å²) in [4.78, 5) is 12.5. The van der Waals surface area contributed by atoms with Gasteiger partial charge in [-0.05, 0) is 38.2 Å². The molecule has 0 spiro atoms. The SMILES string of the molecule is Cc1ccc(CN(C)Cc2ccc(C=O)o2)o1. The number of carbonyl (C=O) groups excluding carboxylic acids is 1. The number of aryl methyl sites for hydroxylation is 1. The highest BCUT2D eigenvalue weighted by atomic mass is 16.3. The van der Waals surface area contributed by atoms with E-state index in [1.165, 1.54) is 0 Å². The smallest absolute Gasteiger partial charge is 0.185 e. The van der Waals surface area contributed by atoms with Gasteiger partial charge in [0.1, 0.15) is 17.3 Å². The van der Waals surface area contributed by atoms with Crippen LogP contribution in [0.3, 0.4) is 0 Å². The van der Waals surface area contributed by atoms with Crippen LogP contribution < -0.4 is 0 Å². The van der Waals surface area contributed by atoms with Crippen molar-refractivity contribution in [1.82, 2.24) is 4.90 Å². The van der Waals surface area contributed by atoms with Crippen LogP contribution in [0.2, 0.25) is 0 Å². The van der Waals surface area contributed by atoms with Crippen molar-refractivity contribution in [2.45, 2.75) is 20.0 Å². The molecular weight excluding hydrogens is 218 g/mol. The van der Waals surface area contributed by atoms with Gasteiger partial charge in [-0.2, -0.15) is 0 Å². The lowest BCUT2D eigenvalue weighted by Crippen LogP contribution is -2.16. The lowest BCUT2D eigenvalue weighted by molar-refractivity contribution is 0.109. The minimum atomic E-state index is 0.363. The van der Waals surface area contributed by atoms with E-state index in [4.69, 9.17) is 8.83 Å². The number of hydrogen-bond donors (Lipinski definition) is 0. The third kappa shape index (κ3) is 3.07. The van der Waals surface area contributed by atoms with E-state index < -0.39 is 0 Å². The van der Waals surface area contributed by atoms with Gasteiger partial charge in [-0.25, -0.2) is 0 Å². The predicted molar refractivity (Wildman–Crippen MR) is 62.7 cm³/mol. The Kier molecular flexibility index (Phi) is 3.44. The highest BCUT2D eigenvalue weighted by molar-refractivity contribution is 5.70. The van der Waals surface area contributed by atoms with Crippen LogP contribution in [0, 0.1) is 6.92 Å². The Balaban J connectivity index is 1.92. The molecule has 4 nitrogen and oxygen atoms in total. The number of furan rings is 2. The van der Waals surface area contributed by atoms with Crippen molar-refractivity contribution in [2.24, 2.45) is 0 Å². The first-order valence-electron chi connectivity index (χ1n) is 5.45. The van der Waals surface area contributed by atoms with Gasteiger partial charge in [0, 0.05) is 0 Å². The van der Waals surface area contributed by atoms with Crippen molar-refractivity contribution in [1.29, 1.82) is 0 Å². The Morgan fingerprint density at radius 2 is 1.76 bits per heavy atom. The molecule has 0 bridgehead atoms. The van der Waals surface area contributed by atoms with E-state index in [-0.39, 0.29) is 0 Å². The second-order valence-electron chi connectivity index (χ2n) is 4.11. The van der Waals surface area contributed by atoms with Crippen molar-refractivity contribution in [3.63, 3.8) is 0 Å². The molecule has 2 aromatic heterocycles. The minimum absolute atomic E-state index is 0.363. The number of aldehydes is 1. The Morgan fingerprint density at radius 3 is 2.29 bits per heavy atom. The van der Waals surface area contributed by atoms with Gasteiger partial charge in [-0.15, -0.1) is 0 Å².